The second-order valence-electron chi connectivity index (χ2n) is 17.5. The van der Waals surface area contributed by atoms with E-state index in [2.05, 4.69) is 89.4 Å². The van der Waals surface area contributed by atoms with Gasteiger partial charge < -0.3 is 25.0 Å². The Bertz CT molecular complexity index is 1640. The van der Waals surface area contributed by atoms with Crippen LogP contribution in [0.4, 0.5) is 0 Å². The Morgan fingerprint density at radius 3 is 2.49 bits per heavy atom. The fourth-order valence-corrected chi connectivity index (χ4v) is 11.3. The number of ether oxygens (including phenoxy) is 2. The first-order chi connectivity index (χ1) is 23.0. The number of carbonyl (C=O) groups is 1. The minimum absolute atomic E-state index is 0.00261. The normalized spacial score (nSPS) is 28.2. The lowest BCUT2D eigenvalue weighted by atomic mass is 9.45. The van der Waals surface area contributed by atoms with Crippen LogP contribution in [-0.2, 0) is 34.3 Å². The van der Waals surface area contributed by atoms with Crippen LogP contribution in [0.3, 0.4) is 0 Å². The zero-order chi connectivity index (χ0) is 35.4. The Balaban J connectivity index is 1.18. The molecular formula is C39H58N4O5S. The van der Waals surface area contributed by atoms with Gasteiger partial charge in [0.25, 0.3) is 0 Å². The van der Waals surface area contributed by atoms with Crippen molar-refractivity contribution in [2.45, 2.75) is 104 Å². The molecule has 9 nitrogen and oxygen atoms in total. The van der Waals surface area contributed by atoms with E-state index < -0.39 is 16.1 Å². The van der Waals surface area contributed by atoms with Crippen LogP contribution in [0.2, 0.25) is 0 Å². The lowest BCUT2D eigenvalue weighted by Gasteiger charge is -2.62. The van der Waals surface area contributed by atoms with Crippen molar-refractivity contribution in [1.29, 1.82) is 0 Å². The molecule has 0 aromatic heterocycles. The number of sulfonamides is 1. The van der Waals surface area contributed by atoms with Crippen molar-refractivity contribution in [3.63, 3.8) is 0 Å². The van der Waals surface area contributed by atoms with Crippen LogP contribution < -0.4 is 20.1 Å². The van der Waals surface area contributed by atoms with E-state index in [0.29, 0.717) is 36.1 Å². The fraction of sp³-hybridized carbons (Fsp3) is 0.667. The Labute approximate surface area is 294 Å². The van der Waals surface area contributed by atoms with Crippen LogP contribution >= 0.6 is 0 Å². The number of nitrogens with zero attached hydrogens (tertiary/aromatic N) is 2. The molecular weight excluding hydrogens is 637 g/mol. The largest absolute Gasteiger partial charge is 0.454 e. The minimum Gasteiger partial charge on any atom is -0.454 e. The molecule has 4 fully saturated rings. The maximum Gasteiger partial charge on any atom is 0.238 e. The molecule has 1 saturated heterocycles. The molecule has 3 saturated carbocycles. The summed E-state index contributed by atoms with van der Waals surface area (Å²) in [5, 5.41) is 7.27. The molecule has 5 aliphatic rings. The summed E-state index contributed by atoms with van der Waals surface area (Å²) in [5.41, 5.74) is 3.17. The smallest absolute Gasteiger partial charge is 0.238 e. The van der Waals surface area contributed by atoms with E-state index in [9.17, 15) is 13.2 Å². The van der Waals surface area contributed by atoms with Crippen LogP contribution in [0, 0.1) is 28.6 Å². The van der Waals surface area contributed by atoms with Gasteiger partial charge in [-0.1, -0.05) is 77.9 Å². The van der Waals surface area contributed by atoms with E-state index in [1.165, 1.54) is 10.7 Å². The van der Waals surface area contributed by atoms with Gasteiger partial charge >= 0.3 is 0 Å². The maximum atomic E-state index is 13.7. The van der Waals surface area contributed by atoms with Crippen LogP contribution in [0.15, 0.2) is 42.5 Å². The van der Waals surface area contributed by atoms with E-state index >= 15 is 0 Å². The van der Waals surface area contributed by atoms with Gasteiger partial charge in [0.2, 0.25) is 22.7 Å². The second-order valence-corrected chi connectivity index (χ2v) is 19.5. The van der Waals surface area contributed by atoms with Crippen molar-refractivity contribution in [1.82, 2.24) is 19.8 Å². The Hall–Kier alpha value is -2.66. The third-order valence-corrected chi connectivity index (χ3v) is 13.7. The molecule has 2 bridgehead atoms. The first kappa shape index (κ1) is 36.1. The van der Waals surface area contributed by atoms with Gasteiger partial charge in [0.15, 0.2) is 11.5 Å². The summed E-state index contributed by atoms with van der Waals surface area (Å²) >= 11 is 0. The SMILES string of the molecule is C[C@@H]1[C@@H](NC(=O)C2CCS(=O)(=O)N2Cc2cccc(CN[C@@](Cc3cccc4c3OCO4)(CN(C)C)CC(C)(C)C)c2)C[C@H]2C[C@@H]1C2(C)C. The first-order valence-corrected chi connectivity index (χ1v) is 19.7. The van der Waals surface area contributed by atoms with Crippen molar-refractivity contribution in [3.8, 4) is 11.5 Å². The molecule has 2 aromatic rings. The van der Waals surface area contributed by atoms with Gasteiger partial charge in [-0.25, -0.2) is 8.42 Å². The highest BCUT2D eigenvalue weighted by Crippen LogP contribution is 2.61. The molecule has 270 valence electrons. The molecule has 2 aliphatic heterocycles. The summed E-state index contributed by atoms with van der Waals surface area (Å²) in [4.78, 5) is 15.9. The highest BCUT2D eigenvalue weighted by molar-refractivity contribution is 7.89. The number of carbonyl (C=O) groups excluding carboxylic acids is 1. The highest BCUT2D eigenvalue weighted by Gasteiger charge is 2.57. The Morgan fingerprint density at radius 2 is 1.80 bits per heavy atom. The molecule has 0 spiro atoms. The van der Waals surface area contributed by atoms with Gasteiger partial charge in [0, 0.05) is 36.8 Å². The maximum absolute atomic E-state index is 13.7. The monoisotopic (exact) mass is 694 g/mol. The summed E-state index contributed by atoms with van der Waals surface area (Å²) in [6.07, 6.45) is 4.22. The number of hydrogen-bond acceptors (Lipinski definition) is 7. The molecule has 1 unspecified atom stereocenters. The summed E-state index contributed by atoms with van der Waals surface area (Å²) in [6, 6.07) is 13.7. The van der Waals surface area contributed by atoms with Crippen LogP contribution in [0.25, 0.3) is 0 Å². The van der Waals surface area contributed by atoms with Crippen LogP contribution in [0.1, 0.15) is 83.9 Å². The van der Waals surface area contributed by atoms with E-state index in [-0.39, 0.29) is 42.0 Å². The average Bonchev–Trinajstić information content (AvgIpc) is 3.60. The first-order valence-electron chi connectivity index (χ1n) is 18.1. The molecule has 0 radical (unpaired) electrons. The summed E-state index contributed by atoms with van der Waals surface area (Å²) < 4.78 is 39.7. The number of likely N-dealkylation sites (N-methyl/N-ethyl adjacent to an activating group) is 1. The molecule has 2 N–H and O–H groups in total. The zero-order valence-electron chi connectivity index (χ0n) is 30.8. The van der Waals surface area contributed by atoms with Gasteiger partial charge in [0.1, 0.15) is 6.04 Å². The average molecular weight is 695 g/mol. The van der Waals surface area contributed by atoms with Crippen LogP contribution in [-0.4, -0.2) is 74.3 Å². The zero-order valence-corrected chi connectivity index (χ0v) is 31.7. The van der Waals surface area contributed by atoms with Gasteiger partial charge in [-0.3, -0.25) is 4.79 Å². The van der Waals surface area contributed by atoms with Gasteiger partial charge in [0.05, 0.1) is 5.75 Å². The fourth-order valence-electron chi connectivity index (χ4n) is 9.58. The third-order valence-electron chi connectivity index (χ3n) is 11.8. The molecule has 49 heavy (non-hydrogen) atoms. The lowest BCUT2D eigenvalue weighted by Crippen LogP contribution is -2.61. The number of amides is 1. The van der Waals surface area contributed by atoms with E-state index in [4.69, 9.17) is 9.47 Å². The number of hydrogen-bond donors (Lipinski definition) is 2. The van der Waals surface area contributed by atoms with Crippen molar-refractivity contribution in [3.05, 3.63) is 59.2 Å². The summed E-state index contributed by atoms with van der Waals surface area (Å²) in [6.45, 7) is 15.6. The number of rotatable bonds is 12. The van der Waals surface area contributed by atoms with Gasteiger partial charge in [-0.05, 0) is 92.0 Å². The quantitative estimate of drug-likeness (QED) is 0.300. The Kier molecular flexibility index (Phi) is 9.94. The van der Waals surface area contributed by atoms with Crippen molar-refractivity contribution in [2.24, 2.45) is 28.6 Å². The highest BCUT2D eigenvalue weighted by atomic mass is 32.2. The predicted molar refractivity (Wildman–Crippen MR) is 194 cm³/mol. The van der Waals surface area contributed by atoms with Gasteiger partial charge in [-0.15, -0.1) is 0 Å². The predicted octanol–water partition coefficient (Wildman–Crippen LogP) is 5.58. The lowest BCUT2D eigenvalue weighted by molar-refractivity contribution is -0.136. The number of fused-ring (bicyclic) bond motifs is 3. The van der Waals surface area contributed by atoms with E-state index in [1.807, 2.05) is 24.3 Å². The second kappa shape index (κ2) is 13.5. The molecule has 1 amide bonds. The molecule has 2 aromatic carbocycles. The summed E-state index contributed by atoms with van der Waals surface area (Å²) in [5.74, 6) is 3.09. The molecule has 6 atom stereocenters. The van der Waals surface area contributed by atoms with Gasteiger partial charge in [-0.2, -0.15) is 4.31 Å². The van der Waals surface area contributed by atoms with E-state index in [1.54, 1.807) is 0 Å². The Morgan fingerprint density at radius 1 is 1.06 bits per heavy atom. The molecule has 10 heteroatoms. The van der Waals surface area contributed by atoms with Crippen LogP contribution in [0.5, 0.6) is 11.5 Å². The number of benzene rings is 2. The topological polar surface area (TPSA) is 100 Å². The standard InChI is InChI=1S/C39H58N4O5S/c1-26-31-18-30(38(31,5)6)19-32(26)41-36(44)33-15-16-49(45,46)43(33)22-28-12-9-11-27(17-28)21-40-39(24-42(7)8,23-37(2,3)4)20-29-13-10-14-34-35(29)48-25-47-34/h9-14,17,26,30-33,40H,15-16,18-25H2,1-8H3,(H,41,44)/t26-,30+,31-,32-,33?,39+/m0/s1. The third kappa shape index (κ3) is 7.67. The van der Waals surface area contributed by atoms with E-state index in [0.717, 1.165) is 54.0 Å². The van der Waals surface area contributed by atoms with Crippen molar-refractivity contribution >= 4 is 15.9 Å². The van der Waals surface area contributed by atoms with Crippen molar-refractivity contribution in [2.75, 3.05) is 33.2 Å². The minimum atomic E-state index is -3.55. The number of nitrogens with one attached hydrogen (secondary N) is 2. The molecule has 2 heterocycles. The number of para-hydroxylation sites is 1. The van der Waals surface area contributed by atoms with Crippen molar-refractivity contribution < 1.29 is 22.7 Å². The molecule has 7 rings (SSSR count). The molecule has 3 aliphatic carbocycles. The summed E-state index contributed by atoms with van der Waals surface area (Å²) in [7, 11) is 0.668.